The molecule has 0 saturated heterocycles. The zero-order chi connectivity index (χ0) is 6.15. The van der Waals surface area contributed by atoms with E-state index in [0.717, 1.165) is 5.69 Å². The van der Waals surface area contributed by atoms with E-state index < -0.39 is 0 Å². The third-order valence-corrected chi connectivity index (χ3v) is 2.17. The Morgan fingerprint density at radius 3 is 2.50 bits per heavy atom. The number of anilines is 1. The first-order valence-electron chi connectivity index (χ1n) is 2.09. The number of aryl methyl sites for hydroxylation is 1. The van der Waals surface area contributed by atoms with Gasteiger partial charge in [0.1, 0.15) is 5.00 Å². The Morgan fingerprint density at radius 2 is 2.38 bits per heavy atom. The largest absolute Gasteiger partial charge is 0.388 e. The number of nitrogen functional groups attached to an aromatic ring is 1. The van der Waals surface area contributed by atoms with Crippen molar-refractivity contribution in [2.24, 2.45) is 0 Å². The zero-order valence-electron chi connectivity index (χ0n) is 4.31. The minimum absolute atomic E-state index is 0.593. The van der Waals surface area contributed by atoms with Gasteiger partial charge in [-0.15, -0.1) is 0 Å². The van der Waals surface area contributed by atoms with Gasteiger partial charge in [-0.3, -0.25) is 0 Å². The van der Waals surface area contributed by atoms with E-state index in [2.05, 4.69) is 4.37 Å². The molecule has 0 aliphatic carbocycles. The van der Waals surface area contributed by atoms with Crippen molar-refractivity contribution in [3.8, 4) is 0 Å². The molecular weight excluding hydrogens is 144 g/mol. The molecule has 1 rings (SSSR count). The van der Waals surface area contributed by atoms with E-state index in [1.807, 2.05) is 6.92 Å². The van der Waals surface area contributed by atoms with Crippen LogP contribution in [-0.2, 0) is 0 Å². The molecule has 2 N–H and O–H groups in total. The minimum atomic E-state index is 0.593. The molecule has 8 heavy (non-hydrogen) atoms. The predicted octanol–water partition coefficient (Wildman–Crippen LogP) is 1.69. The van der Waals surface area contributed by atoms with Crippen LogP contribution in [0.5, 0.6) is 0 Å². The minimum Gasteiger partial charge on any atom is -0.388 e. The number of nitrogens with zero attached hydrogens (tertiary/aromatic N) is 1. The fourth-order valence-corrected chi connectivity index (χ4v) is 1.13. The fourth-order valence-electron chi connectivity index (χ4n) is 0.376. The van der Waals surface area contributed by atoms with E-state index >= 15 is 0 Å². The maximum atomic E-state index is 5.62. The van der Waals surface area contributed by atoms with E-state index in [1.54, 1.807) is 0 Å². The van der Waals surface area contributed by atoms with Gasteiger partial charge in [-0.1, -0.05) is 11.6 Å². The van der Waals surface area contributed by atoms with Crippen molar-refractivity contribution >= 4 is 28.1 Å². The Morgan fingerprint density at radius 1 is 1.75 bits per heavy atom. The van der Waals surface area contributed by atoms with Crippen molar-refractivity contribution in [2.75, 3.05) is 5.73 Å². The van der Waals surface area contributed by atoms with E-state index in [-0.39, 0.29) is 0 Å². The first kappa shape index (κ1) is 5.85. The summed E-state index contributed by atoms with van der Waals surface area (Å²) in [7, 11) is 0. The monoisotopic (exact) mass is 148 g/mol. The second kappa shape index (κ2) is 1.91. The lowest BCUT2D eigenvalue weighted by molar-refractivity contribution is 1.35. The molecule has 1 aromatic rings. The van der Waals surface area contributed by atoms with Gasteiger partial charge >= 0.3 is 0 Å². The fraction of sp³-hybridized carbons (Fsp3) is 0.250. The molecule has 0 spiro atoms. The second-order valence-electron chi connectivity index (χ2n) is 1.45. The lowest BCUT2D eigenvalue weighted by Gasteiger charge is -1.81. The third kappa shape index (κ3) is 0.788. The Hall–Kier alpha value is -0.280. The predicted molar refractivity (Wildman–Crippen MR) is 36.3 cm³/mol. The molecule has 0 bridgehead atoms. The number of nitrogens with two attached hydrogens (primary N) is 1. The molecule has 0 atom stereocenters. The summed E-state index contributed by atoms with van der Waals surface area (Å²) in [5.41, 5.74) is 6.18. The maximum Gasteiger partial charge on any atom is 0.125 e. The van der Waals surface area contributed by atoms with Crippen molar-refractivity contribution in [3.05, 3.63) is 10.7 Å². The highest BCUT2D eigenvalue weighted by Gasteiger charge is 2.01. The Labute approximate surface area is 56.4 Å². The molecule has 44 valence electrons. The van der Waals surface area contributed by atoms with Gasteiger partial charge in [-0.25, -0.2) is 0 Å². The Balaban J connectivity index is 3.19. The summed E-state index contributed by atoms with van der Waals surface area (Å²) in [6.07, 6.45) is 0. The Bertz CT molecular complexity index is 176. The van der Waals surface area contributed by atoms with Crippen LogP contribution in [0.4, 0.5) is 5.00 Å². The summed E-state index contributed by atoms with van der Waals surface area (Å²) < 4.78 is 3.90. The van der Waals surface area contributed by atoms with Crippen molar-refractivity contribution in [1.29, 1.82) is 0 Å². The highest BCUT2D eigenvalue weighted by Crippen LogP contribution is 2.25. The molecule has 0 saturated carbocycles. The highest BCUT2D eigenvalue weighted by molar-refractivity contribution is 7.10. The van der Waals surface area contributed by atoms with E-state index in [1.165, 1.54) is 11.5 Å². The average molecular weight is 149 g/mol. The summed E-state index contributed by atoms with van der Waals surface area (Å²) in [5.74, 6) is 0. The third-order valence-electron chi connectivity index (χ3n) is 0.815. The van der Waals surface area contributed by atoms with Crippen molar-refractivity contribution in [2.45, 2.75) is 6.92 Å². The highest BCUT2D eigenvalue weighted by atomic mass is 35.5. The Kier molecular flexibility index (Phi) is 1.40. The summed E-state index contributed by atoms with van der Waals surface area (Å²) >= 11 is 6.84. The van der Waals surface area contributed by atoms with Gasteiger partial charge in [-0.05, 0) is 18.5 Å². The summed E-state index contributed by atoms with van der Waals surface area (Å²) in [4.78, 5) is 0. The van der Waals surface area contributed by atoms with Crippen LogP contribution < -0.4 is 5.73 Å². The molecule has 4 heteroatoms. The van der Waals surface area contributed by atoms with Gasteiger partial charge in [0.15, 0.2) is 0 Å². The maximum absolute atomic E-state index is 5.62. The van der Waals surface area contributed by atoms with Gasteiger partial charge in [0, 0.05) is 0 Å². The van der Waals surface area contributed by atoms with Crippen LogP contribution in [0.25, 0.3) is 0 Å². The van der Waals surface area contributed by atoms with Gasteiger partial charge in [0.05, 0.1) is 10.7 Å². The lowest BCUT2D eigenvalue weighted by Crippen LogP contribution is -1.77. The molecule has 0 aromatic carbocycles. The van der Waals surface area contributed by atoms with Gasteiger partial charge in [0.2, 0.25) is 0 Å². The summed E-state index contributed by atoms with van der Waals surface area (Å²) in [5, 5.41) is 1.19. The molecule has 0 radical (unpaired) electrons. The van der Waals surface area contributed by atoms with E-state index in [9.17, 15) is 0 Å². The van der Waals surface area contributed by atoms with Crippen LogP contribution in [0.1, 0.15) is 5.69 Å². The van der Waals surface area contributed by atoms with Crippen LogP contribution in [0.2, 0.25) is 5.02 Å². The average Bonchev–Trinajstić information content (AvgIpc) is 1.98. The number of hydrogen-bond acceptors (Lipinski definition) is 3. The first-order chi connectivity index (χ1) is 3.72. The van der Waals surface area contributed by atoms with Crippen LogP contribution in [0.15, 0.2) is 0 Å². The molecule has 2 nitrogen and oxygen atoms in total. The zero-order valence-corrected chi connectivity index (χ0v) is 5.88. The molecule has 0 fully saturated rings. The van der Waals surface area contributed by atoms with Crippen molar-refractivity contribution in [1.82, 2.24) is 4.37 Å². The number of hydrogen-bond donors (Lipinski definition) is 1. The quantitative estimate of drug-likeness (QED) is 0.608. The molecule has 0 aliphatic rings. The number of halogens is 1. The van der Waals surface area contributed by atoms with Crippen molar-refractivity contribution < 1.29 is 0 Å². The molecule has 1 aromatic heterocycles. The second-order valence-corrected chi connectivity index (χ2v) is 2.63. The topological polar surface area (TPSA) is 38.9 Å². The van der Waals surface area contributed by atoms with Gasteiger partial charge in [0.25, 0.3) is 0 Å². The van der Waals surface area contributed by atoms with E-state index in [0.29, 0.717) is 10.0 Å². The summed E-state index contributed by atoms with van der Waals surface area (Å²) in [6.45, 7) is 1.83. The number of rotatable bonds is 0. The molecular formula is C4H5ClN2S. The summed E-state index contributed by atoms with van der Waals surface area (Å²) in [6, 6.07) is 0. The molecule has 0 aliphatic heterocycles. The molecule has 0 amide bonds. The van der Waals surface area contributed by atoms with Crippen LogP contribution in [0.3, 0.4) is 0 Å². The normalized spacial score (nSPS) is 9.75. The number of aromatic nitrogens is 1. The molecule has 1 heterocycles. The van der Waals surface area contributed by atoms with Crippen LogP contribution in [-0.4, -0.2) is 4.37 Å². The van der Waals surface area contributed by atoms with Crippen LogP contribution >= 0.6 is 23.1 Å². The van der Waals surface area contributed by atoms with E-state index in [4.69, 9.17) is 17.3 Å². The smallest absolute Gasteiger partial charge is 0.125 e. The molecule has 0 unspecified atom stereocenters. The van der Waals surface area contributed by atoms with Gasteiger partial charge < -0.3 is 5.73 Å². The standard InChI is InChI=1S/C4H5ClN2S/c1-2-3(5)4(6)8-7-2/h6H2,1H3. The van der Waals surface area contributed by atoms with Gasteiger partial charge in [-0.2, -0.15) is 4.37 Å². The SMILES string of the molecule is Cc1nsc(N)c1Cl. The van der Waals surface area contributed by atoms with Crippen molar-refractivity contribution in [3.63, 3.8) is 0 Å². The lowest BCUT2D eigenvalue weighted by atomic mass is 10.5. The van der Waals surface area contributed by atoms with Crippen LogP contribution in [0, 0.1) is 6.92 Å². The first-order valence-corrected chi connectivity index (χ1v) is 3.24.